The minimum Gasteiger partial charge on any atom is -0.309 e. The molecule has 1 aromatic rings. The van der Waals surface area contributed by atoms with Crippen LogP contribution in [0.4, 0.5) is 0 Å². The van der Waals surface area contributed by atoms with E-state index in [1.165, 1.54) is 0 Å². The van der Waals surface area contributed by atoms with Crippen LogP contribution < -0.4 is 4.72 Å². The Morgan fingerprint density at radius 3 is 2.29 bits per heavy atom. The van der Waals surface area contributed by atoms with Crippen LogP contribution in [0.2, 0.25) is 0 Å². The van der Waals surface area contributed by atoms with E-state index in [1.54, 1.807) is 6.07 Å². The van der Waals surface area contributed by atoms with Gasteiger partial charge in [-0.25, -0.2) is 13.1 Å². The summed E-state index contributed by atoms with van der Waals surface area (Å²) in [6, 6.07) is 5.58. The lowest BCUT2D eigenvalue weighted by Crippen LogP contribution is -2.28. The van der Waals surface area contributed by atoms with Crippen molar-refractivity contribution in [1.82, 2.24) is 9.62 Å². The van der Waals surface area contributed by atoms with Crippen LogP contribution >= 0.6 is 0 Å². The Morgan fingerprint density at radius 2 is 1.81 bits per heavy atom. The van der Waals surface area contributed by atoms with E-state index < -0.39 is 10.0 Å². The van der Waals surface area contributed by atoms with Crippen molar-refractivity contribution in [2.75, 3.05) is 27.2 Å². The summed E-state index contributed by atoms with van der Waals surface area (Å²) in [6.45, 7) is 9.54. The van der Waals surface area contributed by atoms with Crippen molar-refractivity contribution < 1.29 is 8.42 Å². The summed E-state index contributed by atoms with van der Waals surface area (Å²) < 4.78 is 27.3. The highest BCUT2D eigenvalue weighted by Crippen LogP contribution is 2.26. The van der Waals surface area contributed by atoms with E-state index in [1.807, 2.05) is 38.1 Å². The molecule has 0 fully saturated rings. The first-order chi connectivity index (χ1) is 9.54. The predicted molar refractivity (Wildman–Crippen MR) is 88.2 cm³/mol. The number of sulfonamides is 1. The molecular weight excluding hydrogens is 284 g/mol. The monoisotopic (exact) mass is 312 g/mol. The first-order valence-electron chi connectivity index (χ1n) is 7.29. The molecule has 0 aliphatic carbocycles. The van der Waals surface area contributed by atoms with Gasteiger partial charge < -0.3 is 4.90 Å². The number of hydrogen-bond acceptors (Lipinski definition) is 3. The maximum absolute atomic E-state index is 12.3. The Kier molecular flexibility index (Phi) is 5.96. The lowest BCUT2D eigenvalue weighted by Gasteiger charge is -2.20. The van der Waals surface area contributed by atoms with Crippen LogP contribution in [0.25, 0.3) is 0 Å². The second kappa shape index (κ2) is 6.90. The van der Waals surface area contributed by atoms with Gasteiger partial charge in [0.2, 0.25) is 10.0 Å². The molecule has 0 heterocycles. The van der Waals surface area contributed by atoms with E-state index in [2.05, 4.69) is 25.5 Å². The molecule has 0 bridgehead atoms. The largest absolute Gasteiger partial charge is 0.309 e. The lowest BCUT2D eigenvalue weighted by atomic mass is 9.86. The van der Waals surface area contributed by atoms with Crippen LogP contribution in [0.5, 0.6) is 0 Å². The summed E-state index contributed by atoms with van der Waals surface area (Å²) in [4.78, 5) is 2.41. The second-order valence-electron chi connectivity index (χ2n) is 6.78. The third-order valence-electron chi connectivity index (χ3n) is 3.40. The average Bonchev–Trinajstić information content (AvgIpc) is 2.33. The van der Waals surface area contributed by atoms with E-state index in [4.69, 9.17) is 0 Å². The summed E-state index contributed by atoms with van der Waals surface area (Å²) in [6.07, 6.45) is 0.797. The molecule has 0 aromatic heterocycles. The zero-order valence-electron chi connectivity index (χ0n) is 14.0. The number of aryl methyl sites for hydroxylation is 1. The smallest absolute Gasteiger partial charge is 0.240 e. The van der Waals surface area contributed by atoms with Gasteiger partial charge in [0.25, 0.3) is 0 Å². The third kappa shape index (κ3) is 5.41. The lowest BCUT2D eigenvalue weighted by molar-refractivity contribution is 0.400. The Bertz CT molecular complexity index is 572. The fourth-order valence-electron chi connectivity index (χ4n) is 2.10. The zero-order chi connectivity index (χ0) is 16.3. The molecule has 21 heavy (non-hydrogen) atoms. The molecule has 0 radical (unpaired) electrons. The Hall–Kier alpha value is -0.910. The molecule has 0 amide bonds. The molecule has 0 saturated carbocycles. The Balaban J connectivity index is 2.84. The number of benzene rings is 1. The number of nitrogens with zero attached hydrogens (tertiary/aromatic N) is 1. The fourth-order valence-corrected chi connectivity index (χ4v) is 3.40. The first kappa shape index (κ1) is 18.1. The average molecular weight is 312 g/mol. The van der Waals surface area contributed by atoms with Gasteiger partial charge in [-0.2, -0.15) is 0 Å². The van der Waals surface area contributed by atoms with Gasteiger partial charge in [-0.05, 0) is 56.6 Å². The topological polar surface area (TPSA) is 49.4 Å². The molecule has 0 aliphatic heterocycles. The van der Waals surface area contributed by atoms with Crippen LogP contribution in [0.3, 0.4) is 0 Å². The Morgan fingerprint density at radius 1 is 1.19 bits per heavy atom. The van der Waals surface area contributed by atoms with E-state index in [0.717, 1.165) is 24.1 Å². The van der Waals surface area contributed by atoms with Gasteiger partial charge in [0.1, 0.15) is 0 Å². The summed E-state index contributed by atoms with van der Waals surface area (Å²) in [5.41, 5.74) is 1.96. The van der Waals surface area contributed by atoms with Crippen molar-refractivity contribution in [3.8, 4) is 0 Å². The highest BCUT2D eigenvalue weighted by atomic mass is 32.2. The van der Waals surface area contributed by atoms with Crippen molar-refractivity contribution >= 4 is 10.0 Å². The number of rotatable bonds is 6. The molecular formula is C16H28N2O2S. The number of nitrogens with one attached hydrogen (secondary N) is 1. The van der Waals surface area contributed by atoms with Crippen molar-refractivity contribution in [3.63, 3.8) is 0 Å². The maximum atomic E-state index is 12.3. The zero-order valence-corrected chi connectivity index (χ0v) is 14.8. The van der Waals surface area contributed by atoms with Gasteiger partial charge >= 0.3 is 0 Å². The van der Waals surface area contributed by atoms with Gasteiger partial charge in [0.05, 0.1) is 4.90 Å². The van der Waals surface area contributed by atoms with E-state index >= 15 is 0 Å². The van der Waals surface area contributed by atoms with Gasteiger partial charge in [0, 0.05) is 6.54 Å². The molecule has 5 heteroatoms. The van der Waals surface area contributed by atoms with Gasteiger partial charge in [0.15, 0.2) is 0 Å². The maximum Gasteiger partial charge on any atom is 0.240 e. The molecule has 1 N–H and O–H groups in total. The van der Waals surface area contributed by atoms with E-state index in [9.17, 15) is 8.42 Å². The standard InChI is InChI=1S/C16H28N2O2S/c1-13-12-14(16(2,3)4)8-9-15(13)21(19,20)17-10-7-11-18(5)6/h8-9,12,17H,7,10-11H2,1-6H3. The third-order valence-corrected chi connectivity index (χ3v) is 5.03. The molecule has 1 rings (SSSR count). The first-order valence-corrected chi connectivity index (χ1v) is 8.78. The minimum absolute atomic E-state index is 0.0200. The van der Waals surface area contributed by atoms with Gasteiger partial charge in [-0.3, -0.25) is 0 Å². The molecule has 120 valence electrons. The summed E-state index contributed by atoms with van der Waals surface area (Å²) in [5, 5.41) is 0. The molecule has 4 nitrogen and oxygen atoms in total. The SMILES string of the molecule is Cc1cc(C(C)(C)C)ccc1S(=O)(=O)NCCCN(C)C. The Labute approximate surface area is 129 Å². The highest BCUT2D eigenvalue weighted by molar-refractivity contribution is 7.89. The summed E-state index contributed by atoms with van der Waals surface area (Å²) in [5.74, 6) is 0. The van der Waals surface area contributed by atoms with E-state index in [-0.39, 0.29) is 5.41 Å². The molecule has 0 aliphatic rings. The van der Waals surface area contributed by atoms with Crippen LogP contribution in [0.15, 0.2) is 23.1 Å². The molecule has 1 aromatic carbocycles. The van der Waals surface area contributed by atoms with Crippen LogP contribution in [-0.4, -0.2) is 40.5 Å². The molecule has 0 saturated heterocycles. The normalized spacial score (nSPS) is 12.9. The van der Waals surface area contributed by atoms with Crippen LogP contribution in [0, 0.1) is 6.92 Å². The van der Waals surface area contributed by atoms with Crippen molar-refractivity contribution in [2.45, 2.75) is 44.4 Å². The van der Waals surface area contributed by atoms with Crippen molar-refractivity contribution in [1.29, 1.82) is 0 Å². The summed E-state index contributed by atoms with van der Waals surface area (Å²) in [7, 11) is 0.532. The van der Waals surface area contributed by atoms with Crippen LogP contribution in [-0.2, 0) is 15.4 Å². The second-order valence-corrected chi connectivity index (χ2v) is 8.52. The summed E-state index contributed by atoms with van der Waals surface area (Å²) >= 11 is 0. The van der Waals surface area contributed by atoms with Gasteiger partial charge in [-0.15, -0.1) is 0 Å². The van der Waals surface area contributed by atoms with Crippen LogP contribution in [0.1, 0.15) is 38.3 Å². The minimum atomic E-state index is -3.42. The highest BCUT2D eigenvalue weighted by Gasteiger charge is 2.19. The quantitative estimate of drug-likeness (QED) is 0.821. The van der Waals surface area contributed by atoms with E-state index in [0.29, 0.717) is 11.4 Å². The fraction of sp³-hybridized carbons (Fsp3) is 0.625. The molecule has 0 unspecified atom stereocenters. The predicted octanol–water partition coefficient (Wildman–Crippen LogP) is 2.52. The van der Waals surface area contributed by atoms with Crippen molar-refractivity contribution in [2.24, 2.45) is 0 Å². The van der Waals surface area contributed by atoms with Gasteiger partial charge in [-0.1, -0.05) is 32.9 Å². The number of hydrogen-bond donors (Lipinski definition) is 1. The molecule has 0 atom stereocenters. The molecule has 0 spiro atoms. The van der Waals surface area contributed by atoms with Crippen molar-refractivity contribution in [3.05, 3.63) is 29.3 Å².